The second kappa shape index (κ2) is 11.3. The van der Waals surface area contributed by atoms with Gasteiger partial charge in [-0.2, -0.15) is 0 Å². The zero-order chi connectivity index (χ0) is 16.3. The van der Waals surface area contributed by atoms with Crippen LogP contribution < -0.4 is 0 Å². The van der Waals surface area contributed by atoms with Gasteiger partial charge in [0.2, 0.25) is 0 Å². The molecule has 0 aliphatic carbocycles. The van der Waals surface area contributed by atoms with Crippen LogP contribution in [0.5, 0.6) is 0 Å². The highest BCUT2D eigenvalue weighted by atomic mass is 16.6. The van der Waals surface area contributed by atoms with Gasteiger partial charge in [-0.25, -0.2) is 0 Å². The highest BCUT2D eigenvalue weighted by Gasteiger charge is 2.23. The Labute approximate surface area is 126 Å². The molecular weight excluding hydrogens is 274 g/mol. The summed E-state index contributed by atoms with van der Waals surface area (Å²) in [5.41, 5.74) is 0. The molecule has 0 spiro atoms. The number of aliphatic hydroxyl groups excluding tert-OH is 1. The Hall–Kier alpha value is -1.43. The van der Waals surface area contributed by atoms with Crippen molar-refractivity contribution < 1.29 is 24.2 Å². The minimum atomic E-state index is -1.46. The second-order valence-electron chi connectivity index (χ2n) is 5.21. The molecule has 1 amide bonds. The van der Waals surface area contributed by atoms with Gasteiger partial charge in [0.25, 0.3) is 5.91 Å². The Bertz CT molecular complexity index is 343. The molecule has 1 N–H and O–H groups in total. The van der Waals surface area contributed by atoms with Crippen molar-refractivity contribution >= 4 is 17.8 Å². The highest BCUT2D eigenvalue weighted by molar-refractivity contribution is 5.89. The molecule has 6 nitrogen and oxygen atoms in total. The SMILES string of the molecule is CCCCCCCCN(C)C(=O)C(O)CC(=O)OC(C)=O. The van der Waals surface area contributed by atoms with Gasteiger partial charge in [0.15, 0.2) is 0 Å². The van der Waals surface area contributed by atoms with E-state index in [1.807, 2.05) is 0 Å². The molecular formula is C15H27NO5. The zero-order valence-electron chi connectivity index (χ0n) is 13.3. The van der Waals surface area contributed by atoms with Crippen molar-refractivity contribution in [3.8, 4) is 0 Å². The van der Waals surface area contributed by atoms with Gasteiger partial charge in [-0.1, -0.05) is 39.0 Å². The third kappa shape index (κ3) is 10.0. The van der Waals surface area contributed by atoms with Gasteiger partial charge in [-0.15, -0.1) is 0 Å². The molecule has 1 atom stereocenters. The Morgan fingerprint density at radius 2 is 1.67 bits per heavy atom. The first-order chi connectivity index (χ1) is 9.88. The third-order valence-corrected chi connectivity index (χ3v) is 3.13. The summed E-state index contributed by atoms with van der Waals surface area (Å²) in [6.45, 7) is 3.80. The molecule has 0 aromatic heterocycles. The van der Waals surface area contributed by atoms with Gasteiger partial charge in [-0.05, 0) is 6.42 Å². The maximum Gasteiger partial charge on any atom is 0.316 e. The molecule has 0 bridgehead atoms. The van der Waals surface area contributed by atoms with E-state index in [1.54, 1.807) is 7.05 Å². The maximum atomic E-state index is 11.8. The van der Waals surface area contributed by atoms with Crippen molar-refractivity contribution in [1.82, 2.24) is 4.90 Å². The predicted octanol–water partition coefficient (Wildman–Crippen LogP) is 1.65. The van der Waals surface area contributed by atoms with Crippen molar-refractivity contribution in [3.05, 3.63) is 0 Å². The minimum absolute atomic E-state index is 0.501. The van der Waals surface area contributed by atoms with E-state index in [-0.39, 0.29) is 0 Å². The monoisotopic (exact) mass is 301 g/mol. The number of carbonyl (C=O) groups is 3. The van der Waals surface area contributed by atoms with Crippen LogP contribution in [0.15, 0.2) is 0 Å². The lowest BCUT2D eigenvalue weighted by atomic mass is 10.1. The van der Waals surface area contributed by atoms with Crippen LogP contribution in [0.1, 0.15) is 58.8 Å². The molecule has 0 radical (unpaired) electrons. The van der Waals surface area contributed by atoms with E-state index in [9.17, 15) is 19.5 Å². The van der Waals surface area contributed by atoms with Crippen LogP contribution >= 0.6 is 0 Å². The number of rotatable bonds is 10. The number of ether oxygens (including phenoxy) is 1. The fraction of sp³-hybridized carbons (Fsp3) is 0.800. The maximum absolute atomic E-state index is 11.8. The lowest BCUT2D eigenvalue weighted by Crippen LogP contribution is -2.38. The van der Waals surface area contributed by atoms with E-state index in [4.69, 9.17) is 0 Å². The van der Waals surface area contributed by atoms with Gasteiger partial charge in [-0.3, -0.25) is 14.4 Å². The topological polar surface area (TPSA) is 83.9 Å². The van der Waals surface area contributed by atoms with Gasteiger partial charge < -0.3 is 14.7 Å². The van der Waals surface area contributed by atoms with E-state index < -0.39 is 30.4 Å². The summed E-state index contributed by atoms with van der Waals surface area (Å²) >= 11 is 0. The summed E-state index contributed by atoms with van der Waals surface area (Å²) in [7, 11) is 1.59. The second-order valence-corrected chi connectivity index (χ2v) is 5.21. The van der Waals surface area contributed by atoms with Crippen LogP contribution in [0, 0.1) is 0 Å². The summed E-state index contributed by atoms with van der Waals surface area (Å²) in [6.07, 6.45) is 4.72. The first kappa shape index (κ1) is 19.6. The van der Waals surface area contributed by atoms with E-state index in [1.165, 1.54) is 24.2 Å². The molecule has 0 rings (SSSR count). The Balaban J connectivity index is 3.91. The Kier molecular flexibility index (Phi) is 10.5. The van der Waals surface area contributed by atoms with Gasteiger partial charge in [0, 0.05) is 20.5 Å². The average molecular weight is 301 g/mol. The largest absolute Gasteiger partial charge is 0.393 e. The van der Waals surface area contributed by atoms with E-state index in [0.29, 0.717) is 6.54 Å². The molecule has 0 aliphatic heterocycles. The number of aliphatic hydroxyl groups is 1. The lowest BCUT2D eigenvalue weighted by molar-refractivity contribution is -0.161. The van der Waals surface area contributed by atoms with Crippen molar-refractivity contribution in [3.63, 3.8) is 0 Å². The Morgan fingerprint density at radius 3 is 2.24 bits per heavy atom. The van der Waals surface area contributed by atoms with Crippen LogP contribution in [-0.2, 0) is 19.1 Å². The van der Waals surface area contributed by atoms with E-state index >= 15 is 0 Å². The molecule has 6 heteroatoms. The quantitative estimate of drug-likeness (QED) is 0.377. The molecule has 0 saturated carbocycles. The number of hydrogen-bond donors (Lipinski definition) is 1. The number of unbranched alkanes of at least 4 members (excludes halogenated alkanes) is 5. The fourth-order valence-corrected chi connectivity index (χ4v) is 1.94. The minimum Gasteiger partial charge on any atom is -0.393 e. The first-order valence-corrected chi connectivity index (χ1v) is 7.52. The smallest absolute Gasteiger partial charge is 0.316 e. The Morgan fingerprint density at radius 1 is 1.10 bits per heavy atom. The number of amides is 1. The van der Waals surface area contributed by atoms with Gasteiger partial charge in [0.1, 0.15) is 6.10 Å². The van der Waals surface area contributed by atoms with Crippen LogP contribution in [-0.4, -0.2) is 47.5 Å². The van der Waals surface area contributed by atoms with Crippen LogP contribution in [0.3, 0.4) is 0 Å². The number of hydrogen-bond acceptors (Lipinski definition) is 5. The lowest BCUT2D eigenvalue weighted by Gasteiger charge is -2.20. The molecule has 122 valence electrons. The number of likely N-dealkylation sites (N-methyl/N-ethyl adjacent to an activating group) is 1. The fourth-order valence-electron chi connectivity index (χ4n) is 1.94. The summed E-state index contributed by atoms with van der Waals surface area (Å²) in [5.74, 6) is -2.17. The standard InChI is InChI=1S/C15H27NO5/c1-4-5-6-7-8-9-10-16(3)15(20)13(18)11-14(19)21-12(2)17/h13,18H,4-11H2,1-3H3. The third-order valence-electron chi connectivity index (χ3n) is 3.13. The molecule has 21 heavy (non-hydrogen) atoms. The molecule has 0 heterocycles. The van der Waals surface area contributed by atoms with Gasteiger partial charge in [0.05, 0.1) is 6.42 Å². The summed E-state index contributed by atoms with van der Waals surface area (Å²) in [6, 6.07) is 0. The van der Waals surface area contributed by atoms with Crippen molar-refractivity contribution in [1.29, 1.82) is 0 Å². The molecule has 0 aromatic rings. The number of esters is 2. The summed E-state index contributed by atoms with van der Waals surface area (Å²) in [4.78, 5) is 35.0. The van der Waals surface area contributed by atoms with Crippen LogP contribution in [0.25, 0.3) is 0 Å². The molecule has 0 aliphatic rings. The highest BCUT2D eigenvalue weighted by Crippen LogP contribution is 2.07. The summed E-state index contributed by atoms with van der Waals surface area (Å²) < 4.78 is 4.28. The van der Waals surface area contributed by atoms with Crippen LogP contribution in [0.2, 0.25) is 0 Å². The van der Waals surface area contributed by atoms with Crippen molar-refractivity contribution in [2.75, 3.05) is 13.6 Å². The molecule has 1 unspecified atom stereocenters. The molecule has 0 aromatic carbocycles. The van der Waals surface area contributed by atoms with Crippen molar-refractivity contribution in [2.24, 2.45) is 0 Å². The number of nitrogens with zero attached hydrogens (tertiary/aromatic N) is 1. The van der Waals surface area contributed by atoms with Crippen molar-refractivity contribution in [2.45, 2.75) is 64.9 Å². The average Bonchev–Trinajstić information content (AvgIpc) is 2.40. The van der Waals surface area contributed by atoms with E-state index in [0.717, 1.165) is 26.2 Å². The normalized spacial score (nSPS) is 11.8. The zero-order valence-corrected chi connectivity index (χ0v) is 13.3. The summed E-state index contributed by atoms with van der Waals surface area (Å²) in [5, 5.41) is 9.64. The molecule has 0 saturated heterocycles. The number of carbonyl (C=O) groups excluding carboxylic acids is 3. The van der Waals surface area contributed by atoms with Gasteiger partial charge >= 0.3 is 11.9 Å². The van der Waals surface area contributed by atoms with Crippen LogP contribution in [0.4, 0.5) is 0 Å². The predicted molar refractivity (Wildman–Crippen MR) is 78.4 cm³/mol. The molecule has 0 fully saturated rings. The first-order valence-electron chi connectivity index (χ1n) is 7.52. The van der Waals surface area contributed by atoms with E-state index in [2.05, 4.69) is 11.7 Å².